The summed E-state index contributed by atoms with van der Waals surface area (Å²) in [5, 5.41) is 38.2. The topological polar surface area (TPSA) is 136 Å². The van der Waals surface area contributed by atoms with Gasteiger partial charge in [0.25, 0.3) is 0 Å². The highest BCUT2D eigenvalue weighted by molar-refractivity contribution is 5.10. The van der Waals surface area contributed by atoms with Crippen molar-refractivity contribution < 1.29 is 48.8 Å². The molecule has 31 heavy (non-hydrogen) atoms. The van der Waals surface area contributed by atoms with E-state index in [0.717, 1.165) is 0 Å². The van der Waals surface area contributed by atoms with Crippen molar-refractivity contribution in [3.05, 3.63) is 25.3 Å². The molecule has 3 aliphatic rings. The van der Waals surface area contributed by atoms with Crippen molar-refractivity contribution in [3.8, 4) is 0 Å². The van der Waals surface area contributed by atoms with E-state index in [4.69, 9.17) is 28.4 Å². The Morgan fingerprint density at radius 3 is 1.61 bits per heavy atom. The summed E-state index contributed by atoms with van der Waals surface area (Å²) in [6.07, 6.45) is -4.03. The third-order valence-corrected chi connectivity index (χ3v) is 5.89. The Bertz CT molecular complexity index is 642. The van der Waals surface area contributed by atoms with Gasteiger partial charge >= 0.3 is 0 Å². The maximum Gasteiger partial charge on any atom is 0.185 e. The van der Waals surface area contributed by atoms with Crippen molar-refractivity contribution in [2.45, 2.75) is 93.9 Å². The number of ether oxygens (including phenoxy) is 6. The monoisotopic (exact) mass is 448 g/mol. The van der Waals surface area contributed by atoms with Crippen LogP contribution in [0.25, 0.3) is 0 Å². The lowest BCUT2D eigenvalue weighted by Crippen LogP contribution is -2.62. The molecule has 3 aliphatic heterocycles. The summed E-state index contributed by atoms with van der Waals surface area (Å²) in [5.74, 6) is -0.747. The zero-order chi connectivity index (χ0) is 23.8. The van der Waals surface area contributed by atoms with Gasteiger partial charge in [-0.25, -0.2) is 0 Å². The molecule has 0 aromatic heterocycles. The van der Waals surface area contributed by atoms with Gasteiger partial charge in [0.05, 0.1) is 0 Å². The minimum atomic E-state index is -1.43. The molecule has 0 amide bonds. The van der Waals surface area contributed by atoms with Gasteiger partial charge in [-0.2, -0.15) is 0 Å². The second kappa shape index (κ2) is 9.52. The lowest BCUT2D eigenvalue weighted by Gasteiger charge is -2.45. The van der Waals surface area contributed by atoms with Gasteiger partial charge in [0.15, 0.2) is 18.4 Å². The molecule has 0 radical (unpaired) electrons. The minimum absolute atomic E-state index is 0.366. The molecule has 180 valence electrons. The number of rotatable bonds is 4. The fraction of sp³-hybridized carbons (Fsp3) is 0.810. The minimum Gasteiger partial charge on any atom is -0.387 e. The predicted molar refractivity (Wildman–Crippen MR) is 109 cm³/mol. The highest BCUT2D eigenvalue weighted by atomic mass is 16.8. The molecule has 8 unspecified atom stereocenters. The molecule has 3 rings (SSSR count). The van der Waals surface area contributed by atoms with E-state index in [2.05, 4.69) is 13.2 Å². The van der Waals surface area contributed by atoms with Crippen LogP contribution in [-0.2, 0) is 28.4 Å². The lowest BCUT2D eigenvalue weighted by molar-refractivity contribution is -0.305. The van der Waals surface area contributed by atoms with Crippen LogP contribution in [0.15, 0.2) is 25.3 Å². The van der Waals surface area contributed by atoms with Crippen molar-refractivity contribution in [2.75, 3.05) is 14.2 Å². The van der Waals surface area contributed by atoms with Crippen LogP contribution in [0.4, 0.5) is 0 Å². The molecule has 10 heteroatoms. The molecule has 0 bridgehead atoms. The van der Waals surface area contributed by atoms with E-state index in [9.17, 15) is 20.4 Å². The van der Waals surface area contributed by atoms with Gasteiger partial charge in [0.2, 0.25) is 0 Å². The number of aliphatic hydroxyl groups is 4. The van der Waals surface area contributed by atoms with E-state index >= 15 is 0 Å². The van der Waals surface area contributed by atoms with Gasteiger partial charge < -0.3 is 48.8 Å². The predicted octanol–water partition coefficient (Wildman–Crippen LogP) is -0.169. The van der Waals surface area contributed by atoms with Crippen molar-refractivity contribution in [2.24, 2.45) is 0 Å². The van der Waals surface area contributed by atoms with Crippen molar-refractivity contribution in [1.29, 1.82) is 0 Å². The first-order valence-electron chi connectivity index (χ1n) is 10.1. The number of hydrogen-bond acceptors (Lipinski definition) is 10. The third kappa shape index (κ3) is 5.03. The molecule has 0 aromatic carbocycles. The second-order valence-corrected chi connectivity index (χ2v) is 8.65. The smallest absolute Gasteiger partial charge is 0.185 e. The van der Waals surface area contributed by atoms with E-state index < -0.39 is 54.0 Å². The van der Waals surface area contributed by atoms with Crippen molar-refractivity contribution in [1.82, 2.24) is 0 Å². The van der Waals surface area contributed by atoms with Crippen LogP contribution in [0.5, 0.6) is 0 Å². The highest BCUT2D eigenvalue weighted by Gasteiger charge is 2.58. The fourth-order valence-corrected chi connectivity index (χ4v) is 4.15. The molecular formula is C21H36O10. The van der Waals surface area contributed by atoms with Crippen LogP contribution < -0.4 is 0 Å². The molecule has 10 atom stereocenters. The second-order valence-electron chi connectivity index (χ2n) is 8.65. The molecule has 4 N–H and O–H groups in total. The maximum atomic E-state index is 9.96. The first-order valence-corrected chi connectivity index (χ1v) is 10.1. The van der Waals surface area contributed by atoms with Gasteiger partial charge in [-0.15, -0.1) is 13.2 Å². The molecule has 0 aliphatic carbocycles. The molecule has 3 heterocycles. The fourth-order valence-electron chi connectivity index (χ4n) is 4.15. The average molecular weight is 449 g/mol. The molecule has 3 saturated heterocycles. The summed E-state index contributed by atoms with van der Waals surface area (Å²) in [5.41, 5.74) is -1.80. The van der Waals surface area contributed by atoms with Gasteiger partial charge in [-0.05, 0) is 27.7 Å². The number of methoxy groups -OCH3 is 2. The molecule has 0 spiro atoms. The van der Waals surface area contributed by atoms with E-state index in [1.165, 1.54) is 13.2 Å². The number of hydrogen-bond donors (Lipinski definition) is 4. The lowest BCUT2D eigenvalue weighted by atomic mass is 9.88. The van der Waals surface area contributed by atoms with Crippen LogP contribution in [-0.4, -0.2) is 101 Å². The zero-order valence-electron chi connectivity index (χ0n) is 18.9. The standard InChI is InChI=1S/C12H20O5.C9H16O5/c1-6-12(4)9(14-5)7-8(10(13)17-12)16-11(2,3)15-7;1-4-9(2)7(13-3)5(10)6(11)8(12)14-9/h6-10,13H,1H2,2-5H3;4-8,10-12H,1H2,2-3H3/t7?,8?,9?,10?,12-;5?,6?,7?,8?,9-/m00/s1. The summed E-state index contributed by atoms with van der Waals surface area (Å²) in [6.45, 7) is 14.3. The summed E-state index contributed by atoms with van der Waals surface area (Å²) >= 11 is 0. The first-order chi connectivity index (χ1) is 14.3. The van der Waals surface area contributed by atoms with Gasteiger partial charge in [-0.3, -0.25) is 0 Å². The Labute approximate surface area is 183 Å². The van der Waals surface area contributed by atoms with Crippen LogP contribution in [0, 0.1) is 0 Å². The number of aliphatic hydroxyl groups excluding tert-OH is 4. The van der Waals surface area contributed by atoms with E-state index in [-0.39, 0.29) is 12.2 Å². The highest BCUT2D eigenvalue weighted by Crippen LogP contribution is 2.42. The Balaban J connectivity index is 0.000000225. The summed E-state index contributed by atoms with van der Waals surface area (Å²) < 4.78 is 32.5. The quantitative estimate of drug-likeness (QED) is 0.429. The molecule has 0 aromatic rings. The van der Waals surface area contributed by atoms with Gasteiger partial charge in [0.1, 0.15) is 47.8 Å². The van der Waals surface area contributed by atoms with Crippen molar-refractivity contribution in [3.63, 3.8) is 0 Å². The average Bonchev–Trinajstić information content (AvgIpc) is 3.03. The summed E-state index contributed by atoms with van der Waals surface area (Å²) in [6, 6.07) is 0. The Morgan fingerprint density at radius 1 is 0.677 bits per heavy atom. The Hall–Kier alpha value is -0.920. The van der Waals surface area contributed by atoms with Crippen molar-refractivity contribution >= 4 is 0 Å². The summed E-state index contributed by atoms with van der Waals surface area (Å²) in [7, 11) is 2.97. The Kier molecular flexibility index (Phi) is 8.09. The van der Waals surface area contributed by atoms with Gasteiger partial charge in [0, 0.05) is 14.2 Å². The van der Waals surface area contributed by atoms with E-state index in [0.29, 0.717) is 0 Å². The normalized spacial score (nSPS) is 48.8. The first kappa shape index (κ1) is 26.3. The number of fused-ring (bicyclic) bond motifs is 1. The molecular weight excluding hydrogens is 412 g/mol. The zero-order valence-corrected chi connectivity index (χ0v) is 18.9. The van der Waals surface area contributed by atoms with E-state index in [1.54, 1.807) is 34.0 Å². The molecule has 3 fully saturated rings. The molecule has 0 saturated carbocycles. The van der Waals surface area contributed by atoms with E-state index in [1.807, 2.05) is 6.92 Å². The van der Waals surface area contributed by atoms with Crippen LogP contribution in [0.3, 0.4) is 0 Å². The van der Waals surface area contributed by atoms with Crippen LogP contribution in [0.2, 0.25) is 0 Å². The molecule has 10 nitrogen and oxygen atoms in total. The summed E-state index contributed by atoms with van der Waals surface area (Å²) in [4.78, 5) is 0. The SMILES string of the molecule is C=C[C@]1(C)OC(O)C(O)C(O)C1OC.C=C[C@]1(C)OC(O)C2OC(C)(C)OC2C1OC. The largest absolute Gasteiger partial charge is 0.387 e. The third-order valence-electron chi connectivity index (χ3n) is 5.89. The van der Waals surface area contributed by atoms with Crippen LogP contribution in [0.1, 0.15) is 27.7 Å². The van der Waals surface area contributed by atoms with Gasteiger partial charge in [-0.1, -0.05) is 12.2 Å². The maximum absolute atomic E-state index is 9.96. The van der Waals surface area contributed by atoms with Crippen LogP contribution >= 0.6 is 0 Å². The Morgan fingerprint density at radius 2 is 1.13 bits per heavy atom.